The van der Waals surface area contributed by atoms with E-state index in [1.165, 1.54) is 0 Å². The highest BCUT2D eigenvalue weighted by Crippen LogP contribution is 2.20. The summed E-state index contributed by atoms with van der Waals surface area (Å²) in [5.74, 6) is -1.30. The highest BCUT2D eigenvalue weighted by Gasteiger charge is 2.13. The van der Waals surface area contributed by atoms with E-state index in [1.807, 2.05) is 30.3 Å². The third-order valence-corrected chi connectivity index (χ3v) is 2.50. The fourth-order valence-corrected chi connectivity index (χ4v) is 1.50. The Morgan fingerprint density at radius 3 is 2.93 bits per heavy atom. The van der Waals surface area contributed by atoms with Crippen molar-refractivity contribution >= 4 is 16.9 Å². The van der Waals surface area contributed by atoms with Crippen molar-refractivity contribution in [3.8, 4) is 0 Å². The van der Waals surface area contributed by atoms with Gasteiger partial charge in [-0.2, -0.15) is 0 Å². The first-order valence-corrected chi connectivity index (χ1v) is 4.76. The van der Waals surface area contributed by atoms with E-state index in [4.69, 9.17) is 5.11 Å². The fraction of sp³-hybridized carbons (Fsp3) is 0.167. The van der Waals surface area contributed by atoms with Crippen LogP contribution >= 0.6 is 0 Å². The second-order valence-corrected chi connectivity index (χ2v) is 3.52. The quantitative estimate of drug-likeness (QED) is 0.811. The Labute approximate surface area is 87.4 Å². The monoisotopic (exact) mass is 201 g/mol. The molecule has 3 nitrogen and oxygen atoms in total. The number of pyridine rings is 1. The van der Waals surface area contributed by atoms with Crippen LogP contribution in [0.4, 0.5) is 0 Å². The van der Waals surface area contributed by atoms with Gasteiger partial charge in [0.15, 0.2) is 0 Å². The van der Waals surface area contributed by atoms with Crippen LogP contribution in [0.15, 0.2) is 36.5 Å². The lowest BCUT2D eigenvalue weighted by atomic mass is 10.00. The van der Waals surface area contributed by atoms with E-state index < -0.39 is 11.9 Å². The second kappa shape index (κ2) is 3.69. The molecule has 0 aliphatic heterocycles. The molecule has 0 saturated heterocycles. The van der Waals surface area contributed by atoms with Crippen LogP contribution in [0.25, 0.3) is 10.9 Å². The first-order chi connectivity index (χ1) is 7.18. The van der Waals surface area contributed by atoms with E-state index in [9.17, 15) is 4.79 Å². The molecule has 1 atom stereocenters. The predicted molar refractivity (Wildman–Crippen MR) is 57.8 cm³/mol. The number of fused-ring (bicyclic) bond motifs is 1. The average molecular weight is 201 g/mol. The lowest BCUT2D eigenvalue weighted by molar-refractivity contribution is -0.138. The number of aromatic nitrogens is 1. The first-order valence-electron chi connectivity index (χ1n) is 4.76. The van der Waals surface area contributed by atoms with Crippen LogP contribution in [0.3, 0.4) is 0 Å². The Balaban J connectivity index is 2.51. The van der Waals surface area contributed by atoms with Gasteiger partial charge in [0.25, 0.3) is 0 Å². The van der Waals surface area contributed by atoms with Crippen molar-refractivity contribution in [1.82, 2.24) is 4.98 Å². The molecule has 0 amide bonds. The molecule has 1 aromatic carbocycles. The van der Waals surface area contributed by atoms with Crippen molar-refractivity contribution in [3.05, 3.63) is 42.1 Å². The highest BCUT2D eigenvalue weighted by atomic mass is 16.4. The molecule has 0 spiro atoms. The van der Waals surface area contributed by atoms with E-state index in [1.54, 1.807) is 13.1 Å². The van der Waals surface area contributed by atoms with Crippen LogP contribution in [0, 0.1) is 0 Å². The summed E-state index contributed by atoms with van der Waals surface area (Å²) in [5, 5.41) is 9.91. The van der Waals surface area contributed by atoms with Gasteiger partial charge >= 0.3 is 5.97 Å². The van der Waals surface area contributed by atoms with Gasteiger partial charge in [0, 0.05) is 11.6 Å². The molecular formula is C12H11NO2. The summed E-state index contributed by atoms with van der Waals surface area (Å²) in [6, 6.07) is 9.38. The standard InChI is InChI=1S/C12H11NO2/c1-8(12(14)15)10-5-4-9-3-2-6-13-11(9)7-10/h2-8H,1H3,(H,14,15). The molecule has 0 radical (unpaired) electrons. The maximum absolute atomic E-state index is 10.8. The molecule has 1 N–H and O–H groups in total. The van der Waals surface area contributed by atoms with Gasteiger partial charge in [0.1, 0.15) is 0 Å². The lowest BCUT2D eigenvalue weighted by Gasteiger charge is -2.06. The molecule has 0 saturated carbocycles. The van der Waals surface area contributed by atoms with Gasteiger partial charge in [0.05, 0.1) is 11.4 Å². The topological polar surface area (TPSA) is 50.2 Å². The SMILES string of the molecule is CC(C(=O)O)c1ccc2cccnc2c1. The number of nitrogens with zero attached hydrogens (tertiary/aromatic N) is 1. The van der Waals surface area contributed by atoms with Gasteiger partial charge < -0.3 is 5.11 Å². The second-order valence-electron chi connectivity index (χ2n) is 3.52. The minimum absolute atomic E-state index is 0.489. The summed E-state index contributed by atoms with van der Waals surface area (Å²) >= 11 is 0. The fourth-order valence-electron chi connectivity index (χ4n) is 1.50. The average Bonchev–Trinajstić information content (AvgIpc) is 2.27. The van der Waals surface area contributed by atoms with Crippen molar-refractivity contribution in [1.29, 1.82) is 0 Å². The van der Waals surface area contributed by atoms with Crippen LogP contribution in [-0.2, 0) is 4.79 Å². The molecule has 0 aliphatic carbocycles. The molecule has 2 aromatic rings. The molecule has 0 bridgehead atoms. The van der Waals surface area contributed by atoms with Crippen molar-refractivity contribution in [2.45, 2.75) is 12.8 Å². The van der Waals surface area contributed by atoms with Crippen LogP contribution in [0.1, 0.15) is 18.4 Å². The maximum Gasteiger partial charge on any atom is 0.310 e. The van der Waals surface area contributed by atoms with Crippen molar-refractivity contribution in [2.75, 3.05) is 0 Å². The van der Waals surface area contributed by atoms with Crippen molar-refractivity contribution in [3.63, 3.8) is 0 Å². The largest absolute Gasteiger partial charge is 0.481 e. The summed E-state index contributed by atoms with van der Waals surface area (Å²) in [7, 11) is 0. The number of hydrogen-bond acceptors (Lipinski definition) is 2. The molecule has 76 valence electrons. The Hall–Kier alpha value is -1.90. The van der Waals surface area contributed by atoms with E-state index in [0.29, 0.717) is 0 Å². The molecule has 0 fully saturated rings. The molecular weight excluding hydrogens is 190 g/mol. The van der Waals surface area contributed by atoms with Gasteiger partial charge in [-0.15, -0.1) is 0 Å². The molecule has 0 aliphatic rings. The number of carbonyl (C=O) groups is 1. The van der Waals surface area contributed by atoms with Crippen molar-refractivity contribution < 1.29 is 9.90 Å². The molecule has 1 heterocycles. The number of carboxylic acid groups (broad SMARTS) is 1. The van der Waals surface area contributed by atoms with Crippen LogP contribution in [0.2, 0.25) is 0 Å². The summed E-state index contributed by atoms with van der Waals surface area (Å²) in [6.45, 7) is 1.67. The summed E-state index contributed by atoms with van der Waals surface area (Å²) in [6.07, 6.45) is 1.71. The summed E-state index contributed by atoms with van der Waals surface area (Å²) < 4.78 is 0. The zero-order chi connectivity index (χ0) is 10.8. The van der Waals surface area contributed by atoms with E-state index >= 15 is 0 Å². The molecule has 3 heteroatoms. The molecule has 1 aromatic heterocycles. The lowest BCUT2D eigenvalue weighted by Crippen LogP contribution is -2.07. The third kappa shape index (κ3) is 1.81. The number of carboxylic acids is 1. The van der Waals surface area contributed by atoms with E-state index in [0.717, 1.165) is 16.5 Å². The minimum atomic E-state index is -0.815. The van der Waals surface area contributed by atoms with Gasteiger partial charge in [-0.25, -0.2) is 0 Å². The van der Waals surface area contributed by atoms with E-state index in [2.05, 4.69) is 4.98 Å². The summed E-state index contributed by atoms with van der Waals surface area (Å²) in [5.41, 5.74) is 1.62. The normalized spacial score (nSPS) is 12.6. The molecule has 2 rings (SSSR count). The van der Waals surface area contributed by atoms with Gasteiger partial charge in [-0.05, 0) is 24.6 Å². The minimum Gasteiger partial charge on any atom is -0.481 e. The van der Waals surface area contributed by atoms with Crippen LogP contribution in [-0.4, -0.2) is 16.1 Å². The first kappa shape index (κ1) is 9.65. The van der Waals surface area contributed by atoms with Crippen LogP contribution in [0.5, 0.6) is 0 Å². The molecule has 15 heavy (non-hydrogen) atoms. The third-order valence-electron chi connectivity index (χ3n) is 2.50. The Morgan fingerprint density at radius 1 is 1.40 bits per heavy atom. The number of aliphatic carboxylic acids is 1. The Morgan fingerprint density at radius 2 is 2.20 bits per heavy atom. The van der Waals surface area contributed by atoms with Gasteiger partial charge in [0.2, 0.25) is 0 Å². The van der Waals surface area contributed by atoms with Gasteiger partial charge in [-0.1, -0.05) is 18.2 Å². The molecule has 1 unspecified atom stereocenters. The zero-order valence-corrected chi connectivity index (χ0v) is 8.34. The number of hydrogen-bond donors (Lipinski definition) is 1. The number of rotatable bonds is 2. The van der Waals surface area contributed by atoms with Gasteiger partial charge in [-0.3, -0.25) is 9.78 Å². The smallest absolute Gasteiger partial charge is 0.310 e. The maximum atomic E-state index is 10.8. The number of benzene rings is 1. The highest BCUT2D eigenvalue weighted by molar-refractivity contribution is 5.82. The summed E-state index contributed by atoms with van der Waals surface area (Å²) in [4.78, 5) is 15.0. The Bertz CT molecular complexity index is 508. The Kier molecular flexibility index (Phi) is 2.37. The predicted octanol–water partition coefficient (Wildman–Crippen LogP) is 2.42. The zero-order valence-electron chi connectivity index (χ0n) is 8.34. The van der Waals surface area contributed by atoms with Crippen molar-refractivity contribution in [2.24, 2.45) is 0 Å². The van der Waals surface area contributed by atoms with E-state index in [-0.39, 0.29) is 0 Å². The van der Waals surface area contributed by atoms with Crippen LogP contribution < -0.4 is 0 Å².